The van der Waals surface area contributed by atoms with Crippen LogP contribution in [0.1, 0.15) is 31.7 Å². The zero-order valence-electron chi connectivity index (χ0n) is 14.0. The number of nitrogens with one attached hydrogen (secondary N) is 1. The Labute approximate surface area is 159 Å². The van der Waals surface area contributed by atoms with Gasteiger partial charge in [0.25, 0.3) is 0 Å². The molecular weight excluding hydrogens is 383 g/mol. The van der Waals surface area contributed by atoms with E-state index in [0.29, 0.717) is 48.0 Å². The van der Waals surface area contributed by atoms with Crippen molar-refractivity contribution >= 4 is 45.2 Å². The molecule has 1 aromatic rings. The first-order valence-corrected chi connectivity index (χ1v) is 10.6. The molecule has 0 bridgehead atoms. The molecular formula is C17H22Cl2N2O3S. The molecule has 1 aliphatic heterocycles. The molecule has 0 radical (unpaired) electrons. The number of carbonyl (C=O) groups excluding carboxylic acids is 1. The number of piperidine rings is 1. The molecule has 0 saturated carbocycles. The number of hydrogen-bond acceptors (Lipinski definition) is 3. The summed E-state index contributed by atoms with van der Waals surface area (Å²) in [5.74, 6) is -0.0569. The maximum Gasteiger partial charge on any atom is 0.244 e. The molecule has 1 heterocycles. The minimum atomic E-state index is -3.16. The number of rotatable bonds is 6. The summed E-state index contributed by atoms with van der Waals surface area (Å²) in [6, 6.07) is 5.01. The maximum atomic E-state index is 12.1. The van der Waals surface area contributed by atoms with Gasteiger partial charge in [0, 0.05) is 35.3 Å². The quantitative estimate of drug-likeness (QED) is 0.739. The summed E-state index contributed by atoms with van der Waals surface area (Å²) in [6.07, 6.45) is 4.86. The first-order chi connectivity index (χ1) is 11.8. The molecule has 0 aromatic heterocycles. The lowest BCUT2D eigenvalue weighted by Crippen LogP contribution is -2.46. The summed E-state index contributed by atoms with van der Waals surface area (Å²) in [6.45, 7) is 2.73. The third kappa shape index (κ3) is 5.99. The van der Waals surface area contributed by atoms with Gasteiger partial charge in [-0.1, -0.05) is 30.1 Å². The molecule has 0 spiro atoms. The molecule has 1 fully saturated rings. The molecule has 0 aliphatic carbocycles. The largest absolute Gasteiger partial charge is 0.350 e. The summed E-state index contributed by atoms with van der Waals surface area (Å²) in [7, 11) is -3.16. The van der Waals surface area contributed by atoms with E-state index in [-0.39, 0.29) is 17.7 Å². The van der Waals surface area contributed by atoms with Crippen LogP contribution >= 0.6 is 23.2 Å². The van der Waals surface area contributed by atoms with E-state index >= 15 is 0 Å². The van der Waals surface area contributed by atoms with Crippen LogP contribution in [0, 0.1) is 0 Å². The van der Waals surface area contributed by atoms with Gasteiger partial charge in [0.15, 0.2) is 0 Å². The van der Waals surface area contributed by atoms with Gasteiger partial charge in [-0.3, -0.25) is 4.79 Å². The lowest BCUT2D eigenvalue weighted by Gasteiger charge is -2.31. The summed E-state index contributed by atoms with van der Waals surface area (Å²) in [5.41, 5.74) is 0.671. The number of halogens is 2. The first-order valence-electron chi connectivity index (χ1n) is 8.23. The minimum absolute atomic E-state index is 0.0277. The molecule has 1 aromatic carbocycles. The monoisotopic (exact) mass is 404 g/mol. The van der Waals surface area contributed by atoms with Gasteiger partial charge >= 0.3 is 0 Å². The van der Waals surface area contributed by atoms with E-state index in [1.165, 1.54) is 10.4 Å². The van der Waals surface area contributed by atoms with Gasteiger partial charge in [0.2, 0.25) is 15.9 Å². The summed E-state index contributed by atoms with van der Waals surface area (Å²) in [4.78, 5) is 12.1. The highest BCUT2D eigenvalue weighted by molar-refractivity contribution is 7.89. The molecule has 1 saturated heterocycles. The number of sulfonamides is 1. The fourth-order valence-corrected chi connectivity index (χ4v) is 4.62. The Balaban J connectivity index is 1.86. The van der Waals surface area contributed by atoms with Crippen LogP contribution in [0.15, 0.2) is 24.3 Å². The van der Waals surface area contributed by atoms with E-state index in [4.69, 9.17) is 23.2 Å². The second kappa shape index (κ2) is 9.03. The van der Waals surface area contributed by atoms with Crippen molar-refractivity contribution in [1.82, 2.24) is 9.62 Å². The van der Waals surface area contributed by atoms with Crippen molar-refractivity contribution in [3.63, 3.8) is 0 Å². The fraction of sp³-hybridized carbons (Fsp3) is 0.471. The van der Waals surface area contributed by atoms with Gasteiger partial charge in [-0.05, 0) is 49.1 Å². The average Bonchev–Trinajstić information content (AvgIpc) is 2.56. The first kappa shape index (κ1) is 20.2. The third-order valence-corrected chi connectivity index (χ3v) is 6.68. The Hall–Kier alpha value is -1.08. The van der Waals surface area contributed by atoms with Gasteiger partial charge in [-0.15, -0.1) is 0 Å². The number of amides is 1. The van der Waals surface area contributed by atoms with Crippen molar-refractivity contribution in [2.45, 2.75) is 32.2 Å². The highest BCUT2D eigenvalue weighted by Crippen LogP contribution is 2.21. The second-order valence-corrected chi connectivity index (χ2v) is 8.93. The Morgan fingerprint density at radius 2 is 2.00 bits per heavy atom. The third-order valence-electron chi connectivity index (χ3n) is 4.03. The van der Waals surface area contributed by atoms with E-state index in [1.807, 2.05) is 6.92 Å². The van der Waals surface area contributed by atoms with Crippen LogP contribution in [0.5, 0.6) is 0 Å². The van der Waals surface area contributed by atoms with Crippen LogP contribution in [0.4, 0.5) is 0 Å². The molecule has 1 amide bonds. The van der Waals surface area contributed by atoms with Crippen molar-refractivity contribution in [2.75, 3.05) is 18.8 Å². The van der Waals surface area contributed by atoms with E-state index < -0.39 is 10.0 Å². The summed E-state index contributed by atoms with van der Waals surface area (Å²) < 4.78 is 25.6. The Morgan fingerprint density at radius 1 is 1.32 bits per heavy atom. The minimum Gasteiger partial charge on any atom is -0.350 e. The molecule has 0 atom stereocenters. The Kier molecular flexibility index (Phi) is 7.31. The number of carbonyl (C=O) groups is 1. The average molecular weight is 405 g/mol. The van der Waals surface area contributed by atoms with Gasteiger partial charge in [0.05, 0.1) is 5.75 Å². The predicted octanol–water partition coefficient (Wildman–Crippen LogP) is 3.33. The topological polar surface area (TPSA) is 66.5 Å². The van der Waals surface area contributed by atoms with Crippen molar-refractivity contribution in [2.24, 2.45) is 0 Å². The molecule has 0 unspecified atom stereocenters. The van der Waals surface area contributed by atoms with Crippen LogP contribution in [-0.2, 0) is 14.8 Å². The fourth-order valence-electron chi connectivity index (χ4n) is 2.72. The molecule has 25 heavy (non-hydrogen) atoms. The Morgan fingerprint density at radius 3 is 2.64 bits per heavy atom. The second-order valence-electron chi connectivity index (χ2n) is 6.00. The van der Waals surface area contributed by atoms with Gasteiger partial charge in [-0.25, -0.2) is 12.7 Å². The normalized spacial score (nSPS) is 17.1. The smallest absolute Gasteiger partial charge is 0.244 e. The zero-order valence-corrected chi connectivity index (χ0v) is 16.4. The van der Waals surface area contributed by atoms with Crippen molar-refractivity contribution < 1.29 is 13.2 Å². The van der Waals surface area contributed by atoms with E-state index in [0.717, 1.165) is 0 Å². The van der Waals surface area contributed by atoms with Gasteiger partial charge in [-0.2, -0.15) is 0 Å². The molecule has 5 nitrogen and oxygen atoms in total. The molecule has 1 N–H and O–H groups in total. The van der Waals surface area contributed by atoms with E-state index in [9.17, 15) is 13.2 Å². The number of benzene rings is 1. The van der Waals surface area contributed by atoms with Crippen LogP contribution in [0.25, 0.3) is 6.08 Å². The van der Waals surface area contributed by atoms with Crippen LogP contribution in [0.3, 0.4) is 0 Å². The standard InChI is InChI=1S/C17H22Cl2N2O3S/c1-2-11-25(23,24)21-9-7-15(8-10-21)20-17(22)6-3-13-12-14(18)4-5-16(13)19/h3-6,12,15H,2,7-11H2,1H3,(H,20,22)/b6-3+. The zero-order chi connectivity index (χ0) is 18.4. The van der Waals surface area contributed by atoms with Gasteiger partial charge in [0.1, 0.15) is 0 Å². The molecule has 2 rings (SSSR count). The number of hydrogen-bond donors (Lipinski definition) is 1. The predicted molar refractivity (Wildman–Crippen MR) is 102 cm³/mol. The SMILES string of the molecule is CCCS(=O)(=O)N1CCC(NC(=O)/C=C/c2cc(Cl)ccc2Cl)CC1. The highest BCUT2D eigenvalue weighted by Gasteiger charge is 2.27. The van der Waals surface area contributed by atoms with Crippen molar-refractivity contribution in [3.05, 3.63) is 39.9 Å². The van der Waals surface area contributed by atoms with Gasteiger partial charge < -0.3 is 5.32 Å². The van der Waals surface area contributed by atoms with E-state index in [1.54, 1.807) is 24.3 Å². The maximum absolute atomic E-state index is 12.1. The van der Waals surface area contributed by atoms with Crippen molar-refractivity contribution in [1.29, 1.82) is 0 Å². The van der Waals surface area contributed by atoms with E-state index in [2.05, 4.69) is 5.32 Å². The highest BCUT2D eigenvalue weighted by atomic mass is 35.5. The Bertz CT molecular complexity index is 742. The van der Waals surface area contributed by atoms with Crippen molar-refractivity contribution in [3.8, 4) is 0 Å². The van der Waals surface area contributed by atoms with Crippen LogP contribution in [-0.4, -0.2) is 43.5 Å². The number of nitrogens with zero attached hydrogens (tertiary/aromatic N) is 1. The van der Waals surface area contributed by atoms with Crippen LogP contribution in [0.2, 0.25) is 10.0 Å². The lowest BCUT2D eigenvalue weighted by molar-refractivity contribution is -0.117. The molecule has 8 heteroatoms. The summed E-state index contributed by atoms with van der Waals surface area (Å²) in [5, 5.41) is 3.97. The van der Waals surface area contributed by atoms with Crippen LogP contribution < -0.4 is 5.32 Å². The lowest BCUT2D eigenvalue weighted by atomic mass is 10.1. The molecule has 1 aliphatic rings. The summed E-state index contributed by atoms with van der Waals surface area (Å²) >= 11 is 12.0. The molecule has 138 valence electrons.